The van der Waals surface area contributed by atoms with E-state index in [0.29, 0.717) is 34.8 Å². The lowest BCUT2D eigenvalue weighted by Gasteiger charge is -2.16. The Morgan fingerprint density at radius 3 is 2.78 bits per heavy atom. The van der Waals surface area contributed by atoms with Crippen LogP contribution in [-0.2, 0) is 13.1 Å². The summed E-state index contributed by atoms with van der Waals surface area (Å²) in [5, 5.41) is 4.97. The van der Waals surface area contributed by atoms with Crippen LogP contribution in [0.2, 0.25) is 5.02 Å². The van der Waals surface area contributed by atoms with E-state index in [0.717, 1.165) is 17.0 Å². The van der Waals surface area contributed by atoms with Crippen molar-refractivity contribution in [3.05, 3.63) is 56.4 Å². The van der Waals surface area contributed by atoms with E-state index in [1.54, 1.807) is 18.2 Å². The standard InChI is InChI=1S/C16H17ClN4O2/c1-9-13(10(2)23-20-9)7-21(3)8-15-18-14-5-4-11(17)6-12(14)16(22)19-15/h4-6H,7-8H2,1-3H3,(H,18,19,22). The molecule has 0 spiro atoms. The van der Waals surface area contributed by atoms with Gasteiger partial charge in [0.25, 0.3) is 5.56 Å². The molecule has 0 aliphatic carbocycles. The van der Waals surface area contributed by atoms with E-state index in [9.17, 15) is 4.79 Å². The number of rotatable bonds is 4. The highest BCUT2D eigenvalue weighted by Crippen LogP contribution is 2.16. The number of hydrogen-bond acceptors (Lipinski definition) is 5. The molecule has 0 aliphatic heterocycles. The molecule has 0 atom stereocenters. The number of halogens is 1. The van der Waals surface area contributed by atoms with E-state index in [-0.39, 0.29) is 5.56 Å². The highest BCUT2D eigenvalue weighted by Gasteiger charge is 2.13. The molecule has 1 N–H and O–H groups in total. The summed E-state index contributed by atoms with van der Waals surface area (Å²) >= 11 is 5.92. The third-order valence-corrected chi connectivity index (χ3v) is 3.98. The van der Waals surface area contributed by atoms with Crippen molar-refractivity contribution in [3.8, 4) is 0 Å². The van der Waals surface area contributed by atoms with Gasteiger partial charge in [-0.25, -0.2) is 4.98 Å². The Hall–Kier alpha value is -2.18. The minimum atomic E-state index is -0.182. The fourth-order valence-electron chi connectivity index (χ4n) is 2.54. The minimum Gasteiger partial charge on any atom is -0.361 e. The lowest BCUT2D eigenvalue weighted by Crippen LogP contribution is -2.22. The van der Waals surface area contributed by atoms with Crippen LogP contribution in [0, 0.1) is 13.8 Å². The van der Waals surface area contributed by atoms with Gasteiger partial charge in [0.2, 0.25) is 0 Å². The van der Waals surface area contributed by atoms with Crippen molar-refractivity contribution >= 4 is 22.5 Å². The maximum Gasteiger partial charge on any atom is 0.258 e. The summed E-state index contributed by atoms with van der Waals surface area (Å²) < 4.78 is 5.17. The summed E-state index contributed by atoms with van der Waals surface area (Å²) in [5.74, 6) is 1.42. The van der Waals surface area contributed by atoms with Gasteiger partial charge in [0, 0.05) is 17.1 Å². The van der Waals surface area contributed by atoms with Crippen molar-refractivity contribution in [3.63, 3.8) is 0 Å². The summed E-state index contributed by atoms with van der Waals surface area (Å²) in [7, 11) is 1.96. The number of H-pyrrole nitrogens is 1. The van der Waals surface area contributed by atoms with E-state index in [1.807, 2.05) is 25.8 Å². The molecule has 3 aromatic rings. The first-order valence-electron chi connectivity index (χ1n) is 7.23. The highest BCUT2D eigenvalue weighted by molar-refractivity contribution is 6.31. The SMILES string of the molecule is Cc1noc(C)c1CN(C)Cc1nc2ccc(Cl)cc2c(=O)[nH]1. The molecule has 3 rings (SSSR count). The number of aryl methyl sites for hydroxylation is 2. The first-order chi connectivity index (χ1) is 10.9. The number of nitrogens with one attached hydrogen (secondary N) is 1. The predicted octanol–water partition coefficient (Wildman–Crippen LogP) is 2.81. The largest absolute Gasteiger partial charge is 0.361 e. The summed E-state index contributed by atoms with van der Waals surface area (Å²) in [5.41, 5.74) is 2.39. The van der Waals surface area contributed by atoms with E-state index in [1.165, 1.54) is 0 Å². The van der Waals surface area contributed by atoms with Crippen LogP contribution in [-0.4, -0.2) is 27.1 Å². The van der Waals surface area contributed by atoms with Gasteiger partial charge in [-0.3, -0.25) is 9.69 Å². The van der Waals surface area contributed by atoms with E-state index >= 15 is 0 Å². The van der Waals surface area contributed by atoms with Crippen molar-refractivity contribution in [2.24, 2.45) is 0 Å². The first kappa shape index (κ1) is 15.7. The van der Waals surface area contributed by atoms with Crippen molar-refractivity contribution < 1.29 is 4.52 Å². The Labute approximate surface area is 138 Å². The average Bonchev–Trinajstić information content (AvgIpc) is 2.80. The molecule has 0 unspecified atom stereocenters. The van der Waals surface area contributed by atoms with Crippen LogP contribution >= 0.6 is 11.6 Å². The van der Waals surface area contributed by atoms with Crippen LogP contribution in [0.4, 0.5) is 0 Å². The fourth-order valence-corrected chi connectivity index (χ4v) is 2.72. The van der Waals surface area contributed by atoms with Crippen LogP contribution < -0.4 is 5.56 Å². The van der Waals surface area contributed by atoms with Crippen LogP contribution in [0.15, 0.2) is 27.5 Å². The molecule has 6 nitrogen and oxygen atoms in total. The van der Waals surface area contributed by atoms with Gasteiger partial charge in [0.15, 0.2) is 0 Å². The zero-order valence-corrected chi connectivity index (χ0v) is 13.9. The molecule has 120 valence electrons. The summed E-state index contributed by atoms with van der Waals surface area (Å²) in [6.07, 6.45) is 0. The van der Waals surface area contributed by atoms with E-state index in [2.05, 4.69) is 15.1 Å². The van der Waals surface area contributed by atoms with Gasteiger partial charge < -0.3 is 9.51 Å². The zero-order chi connectivity index (χ0) is 16.6. The zero-order valence-electron chi connectivity index (χ0n) is 13.2. The summed E-state index contributed by atoms with van der Waals surface area (Å²) in [6.45, 7) is 4.99. The monoisotopic (exact) mass is 332 g/mol. The second kappa shape index (κ2) is 6.14. The Bertz CT molecular complexity index is 897. The number of aromatic nitrogens is 3. The number of nitrogens with zero attached hydrogens (tertiary/aromatic N) is 3. The first-order valence-corrected chi connectivity index (χ1v) is 7.60. The molecule has 0 radical (unpaired) electrons. The smallest absolute Gasteiger partial charge is 0.258 e. The lowest BCUT2D eigenvalue weighted by atomic mass is 10.2. The normalized spacial score (nSPS) is 11.5. The molecular weight excluding hydrogens is 316 g/mol. The van der Waals surface area contributed by atoms with E-state index < -0.39 is 0 Å². The van der Waals surface area contributed by atoms with Crippen molar-refractivity contribution in [2.45, 2.75) is 26.9 Å². The third kappa shape index (κ3) is 3.28. The molecule has 0 aliphatic rings. The van der Waals surface area contributed by atoms with Gasteiger partial charge in [-0.2, -0.15) is 0 Å². The molecule has 7 heteroatoms. The van der Waals surface area contributed by atoms with Crippen LogP contribution in [0.1, 0.15) is 22.8 Å². The third-order valence-electron chi connectivity index (χ3n) is 3.75. The molecule has 23 heavy (non-hydrogen) atoms. The van der Waals surface area contributed by atoms with E-state index in [4.69, 9.17) is 16.1 Å². The minimum absolute atomic E-state index is 0.182. The molecular formula is C16H17ClN4O2. The quantitative estimate of drug-likeness (QED) is 0.795. The number of benzene rings is 1. The topological polar surface area (TPSA) is 75.0 Å². The number of aromatic amines is 1. The summed E-state index contributed by atoms with van der Waals surface area (Å²) in [4.78, 5) is 21.5. The van der Waals surface area contributed by atoms with Gasteiger partial charge >= 0.3 is 0 Å². The van der Waals surface area contributed by atoms with Crippen LogP contribution in [0.5, 0.6) is 0 Å². The average molecular weight is 333 g/mol. The molecule has 1 aromatic carbocycles. The molecule has 0 fully saturated rings. The molecule has 2 aromatic heterocycles. The van der Waals surface area contributed by atoms with Gasteiger partial charge in [-0.15, -0.1) is 0 Å². The number of hydrogen-bond donors (Lipinski definition) is 1. The summed E-state index contributed by atoms with van der Waals surface area (Å²) in [6, 6.07) is 5.11. The maximum atomic E-state index is 12.2. The lowest BCUT2D eigenvalue weighted by molar-refractivity contribution is 0.307. The Balaban J connectivity index is 1.84. The number of fused-ring (bicyclic) bond motifs is 1. The maximum absolute atomic E-state index is 12.2. The Morgan fingerprint density at radius 1 is 1.30 bits per heavy atom. The van der Waals surface area contributed by atoms with Gasteiger partial charge in [0.1, 0.15) is 11.6 Å². The van der Waals surface area contributed by atoms with Crippen molar-refractivity contribution in [1.29, 1.82) is 0 Å². The second-order valence-corrected chi connectivity index (χ2v) is 6.09. The van der Waals surface area contributed by atoms with Crippen molar-refractivity contribution in [1.82, 2.24) is 20.0 Å². The van der Waals surface area contributed by atoms with Gasteiger partial charge in [-0.1, -0.05) is 16.8 Å². The Kier molecular flexibility index (Phi) is 4.19. The molecule has 0 saturated carbocycles. The predicted molar refractivity (Wildman–Crippen MR) is 88.5 cm³/mol. The second-order valence-electron chi connectivity index (χ2n) is 5.65. The van der Waals surface area contributed by atoms with Gasteiger partial charge in [0.05, 0.1) is 23.1 Å². The van der Waals surface area contributed by atoms with Crippen LogP contribution in [0.3, 0.4) is 0 Å². The molecule has 2 heterocycles. The fraction of sp³-hybridized carbons (Fsp3) is 0.312. The van der Waals surface area contributed by atoms with Gasteiger partial charge in [-0.05, 0) is 39.1 Å². The molecule has 0 amide bonds. The Morgan fingerprint density at radius 2 is 2.09 bits per heavy atom. The highest BCUT2D eigenvalue weighted by atomic mass is 35.5. The van der Waals surface area contributed by atoms with Crippen molar-refractivity contribution in [2.75, 3.05) is 7.05 Å². The van der Waals surface area contributed by atoms with Crippen LogP contribution in [0.25, 0.3) is 10.9 Å². The molecule has 0 bridgehead atoms. The molecule has 0 saturated heterocycles.